The van der Waals surface area contributed by atoms with Gasteiger partial charge in [0.1, 0.15) is 9.84 Å². The third kappa shape index (κ3) is 5.04. The number of sulfone groups is 1. The van der Waals surface area contributed by atoms with Gasteiger partial charge < -0.3 is 10.2 Å². The first-order valence-corrected chi connectivity index (χ1v) is 8.08. The topological polar surface area (TPSA) is 66.5 Å². The molecule has 0 aromatic carbocycles. The van der Waals surface area contributed by atoms with Gasteiger partial charge >= 0.3 is 0 Å². The van der Waals surface area contributed by atoms with E-state index in [4.69, 9.17) is 0 Å². The van der Waals surface area contributed by atoms with Crippen molar-refractivity contribution < 1.29 is 13.2 Å². The number of hydrogen-bond donors (Lipinski definition) is 1. The lowest BCUT2D eigenvalue weighted by atomic mass is 10.2. The summed E-state index contributed by atoms with van der Waals surface area (Å²) in [4.78, 5) is 13.7. The minimum atomic E-state index is -2.92. The molecule has 1 fully saturated rings. The van der Waals surface area contributed by atoms with Crippen LogP contribution in [0.15, 0.2) is 0 Å². The molecule has 5 nitrogen and oxygen atoms in total. The van der Waals surface area contributed by atoms with Crippen molar-refractivity contribution in [3.05, 3.63) is 0 Å². The molecular formula is C11H22N2O3S. The summed E-state index contributed by atoms with van der Waals surface area (Å²) in [7, 11) is -2.92. The molecule has 1 heterocycles. The van der Waals surface area contributed by atoms with Crippen LogP contribution in [0.1, 0.15) is 26.7 Å². The number of carbonyl (C=O) groups excluding carboxylic acids is 1. The molecule has 0 radical (unpaired) electrons. The summed E-state index contributed by atoms with van der Waals surface area (Å²) in [5.74, 6) is 0.256. The maximum absolute atomic E-state index is 11.9. The molecule has 1 atom stereocenters. The van der Waals surface area contributed by atoms with Crippen molar-refractivity contribution in [2.45, 2.75) is 38.8 Å². The second-order valence-corrected chi connectivity index (χ2v) is 7.23. The van der Waals surface area contributed by atoms with E-state index in [1.807, 2.05) is 13.8 Å². The van der Waals surface area contributed by atoms with Gasteiger partial charge in [-0.3, -0.25) is 4.79 Å². The minimum Gasteiger partial charge on any atom is -0.341 e. The van der Waals surface area contributed by atoms with E-state index in [0.29, 0.717) is 19.0 Å². The van der Waals surface area contributed by atoms with Crippen LogP contribution in [0.5, 0.6) is 0 Å². The highest BCUT2D eigenvalue weighted by atomic mass is 32.2. The van der Waals surface area contributed by atoms with E-state index in [1.54, 1.807) is 4.90 Å². The summed E-state index contributed by atoms with van der Waals surface area (Å²) < 4.78 is 22.0. The summed E-state index contributed by atoms with van der Waals surface area (Å²) in [6.45, 7) is 5.30. The SMILES string of the molecule is CC(C)NC1CCN(CCCS(C)(=O)=O)C1=O. The molecule has 0 saturated carbocycles. The molecular weight excluding hydrogens is 240 g/mol. The number of nitrogens with one attached hydrogen (secondary N) is 1. The molecule has 0 aromatic heterocycles. The van der Waals surface area contributed by atoms with Gasteiger partial charge in [0.25, 0.3) is 0 Å². The summed E-state index contributed by atoms with van der Waals surface area (Å²) in [6.07, 6.45) is 2.57. The lowest BCUT2D eigenvalue weighted by Gasteiger charge is -2.18. The Morgan fingerprint density at radius 3 is 2.65 bits per heavy atom. The van der Waals surface area contributed by atoms with E-state index >= 15 is 0 Å². The smallest absolute Gasteiger partial charge is 0.239 e. The lowest BCUT2D eigenvalue weighted by molar-refractivity contribution is -0.129. The molecule has 1 amide bonds. The number of hydrogen-bond acceptors (Lipinski definition) is 4. The molecule has 1 N–H and O–H groups in total. The Labute approximate surface area is 103 Å². The van der Waals surface area contributed by atoms with E-state index in [1.165, 1.54) is 6.26 Å². The average Bonchev–Trinajstić information content (AvgIpc) is 2.47. The summed E-state index contributed by atoms with van der Waals surface area (Å²) in [5, 5.41) is 3.22. The molecule has 0 aliphatic carbocycles. The Kier molecular flexibility index (Phi) is 4.94. The maximum atomic E-state index is 11.9. The van der Waals surface area contributed by atoms with Gasteiger partial charge in [0, 0.05) is 25.4 Å². The Balaban J connectivity index is 2.35. The van der Waals surface area contributed by atoms with Crippen LogP contribution in [-0.2, 0) is 14.6 Å². The van der Waals surface area contributed by atoms with E-state index in [2.05, 4.69) is 5.32 Å². The molecule has 17 heavy (non-hydrogen) atoms. The Hall–Kier alpha value is -0.620. The highest BCUT2D eigenvalue weighted by molar-refractivity contribution is 7.90. The van der Waals surface area contributed by atoms with E-state index in [-0.39, 0.29) is 17.7 Å². The summed E-state index contributed by atoms with van der Waals surface area (Å²) in [5.41, 5.74) is 0. The first-order chi connectivity index (χ1) is 7.79. The van der Waals surface area contributed by atoms with Crippen LogP contribution in [0.2, 0.25) is 0 Å². The quantitative estimate of drug-likeness (QED) is 0.733. The summed E-state index contributed by atoms with van der Waals surface area (Å²) >= 11 is 0. The molecule has 6 heteroatoms. The van der Waals surface area contributed by atoms with Gasteiger partial charge in [-0.15, -0.1) is 0 Å². The first kappa shape index (κ1) is 14.4. The van der Waals surface area contributed by atoms with Crippen molar-refractivity contribution in [1.82, 2.24) is 10.2 Å². The average molecular weight is 262 g/mol. The van der Waals surface area contributed by atoms with Gasteiger partial charge in [-0.25, -0.2) is 8.42 Å². The first-order valence-electron chi connectivity index (χ1n) is 6.02. The van der Waals surface area contributed by atoms with Crippen LogP contribution in [0, 0.1) is 0 Å². The second-order valence-electron chi connectivity index (χ2n) is 4.97. The Morgan fingerprint density at radius 2 is 2.12 bits per heavy atom. The third-order valence-electron chi connectivity index (χ3n) is 2.78. The van der Waals surface area contributed by atoms with Crippen molar-refractivity contribution in [2.75, 3.05) is 25.1 Å². The zero-order chi connectivity index (χ0) is 13.1. The molecule has 1 rings (SSSR count). The van der Waals surface area contributed by atoms with E-state index in [0.717, 1.165) is 13.0 Å². The second kappa shape index (κ2) is 5.82. The van der Waals surface area contributed by atoms with Crippen molar-refractivity contribution >= 4 is 15.7 Å². The van der Waals surface area contributed by atoms with Crippen molar-refractivity contribution in [2.24, 2.45) is 0 Å². The van der Waals surface area contributed by atoms with Gasteiger partial charge in [-0.1, -0.05) is 13.8 Å². The van der Waals surface area contributed by atoms with Gasteiger partial charge in [0.05, 0.1) is 11.8 Å². The molecule has 0 spiro atoms. The van der Waals surface area contributed by atoms with Crippen LogP contribution in [0.25, 0.3) is 0 Å². The predicted molar refractivity (Wildman–Crippen MR) is 67.6 cm³/mol. The largest absolute Gasteiger partial charge is 0.341 e. The fourth-order valence-electron chi connectivity index (χ4n) is 2.04. The van der Waals surface area contributed by atoms with Crippen molar-refractivity contribution in [3.63, 3.8) is 0 Å². The fourth-order valence-corrected chi connectivity index (χ4v) is 2.69. The Morgan fingerprint density at radius 1 is 1.47 bits per heavy atom. The summed E-state index contributed by atoms with van der Waals surface area (Å²) in [6, 6.07) is 0.202. The van der Waals surface area contributed by atoms with Crippen LogP contribution in [-0.4, -0.2) is 56.4 Å². The van der Waals surface area contributed by atoms with Gasteiger partial charge in [0.15, 0.2) is 0 Å². The van der Waals surface area contributed by atoms with Crippen LogP contribution in [0.4, 0.5) is 0 Å². The number of rotatable bonds is 6. The standard InChI is InChI=1S/C11H22N2O3S/c1-9(2)12-10-5-7-13(11(10)14)6-4-8-17(3,15)16/h9-10,12H,4-8H2,1-3H3. The van der Waals surface area contributed by atoms with Crippen molar-refractivity contribution in [1.29, 1.82) is 0 Å². The predicted octanol–water partition coefficient (Wildman–Crippen LogP) is 0.0200. The zero-order valence-electron chi connectivity index (χ0n) is 10.8. The monoisotopic (exact) mass is 262 g/mol. The number of nitrogens with zero attached hydrogens (tertiary/aromatic N) is 1. The zero-order valence-corrected chi connectivity index (χ0v) is 11.6. The minimum absolute atomic E-state index is 0.0896. The van der Waals surface area contributed by atoms with E-state index in [9.17, 15) is 13.2 Å². The normalized spacial score (nSPS) is 21.5. The molecule has 1 saturated heterocycles. The van der Waals surface area contributed by atoms with Gasteiger partial charge in [0.2, 0.25) is 5.91 Å². The molecule has 100 valence electrons. The highest BCUT2D eigenvalue weighted by Crippen LogP contribution is 2.12. The van der Waals surface area contributed by atoms with Crippen LogP contribution in [0.3, 0.4) is 0 Å². The van der Waals surface area contributed by atoms with Crippen LogP contribution >= 0.6 is 0 Å². The third-order valence-corrected chi connectivity index (χ3v) is 3.81. The molecule has 0 bridgehead atoms. The van der Waals surface area contributed by atoms with Gasteiger partial charge in [-0.2, -0.15) is 0 Å². The lowest BCUT2D eigenvalue weighted by Crippen LogP contribution is -2.41. The molecule has 1 aliphatic heterocycles. The number of amides is 1. The van der Waals surface area contributed by atoms with Gasteiger partial charge in [-0.05, 0) is 12.8 Å². The highest BCUT2D eigenvalue weighted by Gasteiger charge is 2.31. The molecule has 1 aliphatic rings. The Bertz CT molecular complexity index is 365. The fraction of sp³-hybridized carbons (Fsp3) is 0.909. The molecule has 1 unspecified atom stereocenters. The number of likely N-dealkylation sites (tertiary alicyclic amines) is 1. The van der Waals surface area contributed by atoms with E-state index < -0.39 is 9.84 Å². The van der Waals surface area contributed by atoms with Crippen molar-refractivity contribution in [3.8, 4) is 0 Å². The van der Waals surface area contributed by atoms with Crippen LogP contribution < -0.4 is 5.32 Å². The molecule has 0 aromatic rings. The maximum Gasteiger partial charge on any atom is 0.239 e. The number of carbonyl (C=O) groups is 1.